The Hall–Kier alpha value is -1.74. The van der Waals surface area contributed by atoms with E-state index in [1.54, 1.807) is 0 Å². The number of benzene rings is 2. The maximum Gasteiger partial charge on any atom is 0.129 e. The molecule has 0 aliphatic heterocycles. The van der Waals surface area contributed by atoms with Crippen molar-refractivity contribution in [2.45, 2.75) is 19.3 Å². The molecular weight excluding hydrogens is 256 g/mol. The summed E-state index contributed by atoms with van der Waals surface area (Å²) in [6.07, 6.45) is 1.91. The quantitative estimate of drug-likeness (QED) is 0.912. The van der Waals surface area contributed by atoms with Crippen LogP contribution in [0.5, 0.6) is 0 Å². The molecule has 0 unspecified atom stereocenters. The molecule has 0 atom stereocenters. The maximum atomic E-state index is 13.9. The fraction of sp³-hybridized carbons (Fsp3) is 0.294. The minimum atomic E-state index is -0.478. The largest absolute Gasteiger partial charge is 0.330 e. The second kappa shape index (κ2) is 4.98. The van der Waals surface area contributed by atoms with Crippen molar-refractivity contribution in [1.82, 2.24) is 0 Å². The lowest BCUT2D eigenvalue weighted by atomic mass is 9.78. The number of rotatable bonds is 3. The molecule has 0 bridgehead atoms. The molecule has 1 nitrogen and oxygen atoms in total. The summed E-state index contributed by atoms with van der Waals surface area (Å²) in [4.78, 5) is 0. The zero-order valence-corrected chi connectivity index (χ0v) is 11.2. The van der Waals surface area contributed by atoms with Crippen LogP contribution < -0.4 is 5.73 Å². The standard InChI is InChI=1S/C17H17F2N/c18-15-6-3-7-16(19)14(15)10-17(11-20)8-12-4-1-2-5-13(12)9-17/h1-7H,8-11,20H2. The zero-order chi connectivity index (χ0) is 14.2. The molecule has 3 rings (SSSR count). The summed E-state index contributed by atoms with van der Waals surface area (Å²) < 4.78 is 27.7. The third kappa shape index (κ3) is 2.22. The Kier molecular flexibility index (Phi) is 3.30. The predicted octanol–water partition coefficient (Wildman–Crippen LogP) is 3.25. The smallest absolute Gasteiger partial charge is 0.129 e. The number of hydrogen-bond acceptors (Lipinski definition) is 1. The van der Waals surface area contributed by atoms with Gasteiger partial charge in [-0.2, -0.15) is 0 Å². The van der Waals surface area contributed by atoms with Gasteiger partial charge in [-0.05, 0) is 54.5 Å². The van der Waals surface area contributed by atoms with Gasteiger partial charge in [0.25, 0.3) is 0 Å². The first kappa shape index (κ1) is 13.3. The van der Waals surface area contributed by atoms with Gasteiger partial charge < -0.3 is 5.73 Å². The van der Waals surface area contributed by atoms with Gasteiger partial charge in [-0.25, -0.2) is 8.78 Å². The summed E-state index contributed by atoms with van der Waals surface area (Å²) in [6, 6.07) is 12.2. The van der Waals surface area contributed by atoms with Crippen molar-refractivity contribution < 1.29 is 8.78 Å². The number of halogens is 2. The molecule has 0 amide bonds. The van der Waals surface area contributed by atoms with Crippen molar-refractivity contribution in [3.05, 3.63) is 70.8 Å². The Morgan fingerprint density at radius 3 is 1.95 bits per heavy atom. The lowest BCUT2D eigenvalue weighted by Gasteiger charge is -2.27. The van der Waals surface area contributed by atoms with Crippen LogP contribution in [-0.2, 0) is 19.3 Å². The van der Waals surface area contributed by atoms with Gasteiger partial charge in [-0.1, -0.05) is 30.3 Å². The lowest BCUT2D eigenvalue weighted by molar-refractivity contribution is 0.305. The van der Waals surface area contributed by atoms with E-state index in [1.165, 1.54) is 29.3 Å². The van der Waals surface area contributed by atoms with Gasteiger partial charge in [0.2, 0.25) is 0 Å². The Labute approximate surface area is 117 Å². The molecule has 20 heavy (non-hydrogen) atoms. The third-order valence-electron chi connectivity index (χ3n) is 4.30. The molecule has 0 heterocycles. The zero-order valence-electron chi connectivity index (χ0n) is 11.2. The van der Waals surface area contributed by atoms with Crippen LogP contribution in [0.1, 0.15) is 16.7 Å². The second-order valence-corrected chi connectivity index (χ2v) is 5.70. The first-order valence-electron chi connectivity index (χ1n) is 6.83. The lowest BCUT2D eigenvalue weighted by Crippen LogP contribution is -2.34. The average molecular weight is 273 g/mol. The second-order valence-electron chi connectivity index (χ2n) is 5.70. The van der Waals surface area contributed by atoms with E-state index in [0.29, 0.717) is 13.0 Å². The first-order chi connectivity index (χ1) is 9.63. The van der Waals surface area contributed by atoms with Gasteiger partial charge in [0.15, 0.2) is 0 Å². The minimum absolute atomic E-state index is 0.158. The van der Waals surface area contributed by atoms with Crippen molar-refractivity contribution in [1.29, 1.82) is 0 Å². The van der Waals surface area contributed by atoms with E-state index >= 15 is 0 Å². The van der Waals surface area contributed by atoms with E-state index in [1.807, 2.05) is 12.1 Å². The van der Waals surface area contributed by atoms with Crippen LogP contribution in [0.2, 0.25) is 0 Å². The Balaban J connectivity index is 1.93. The first-order valence-corrected chi connectivity index (χ1v) is 6.83. The fourth-order valence-electron chi connectivity index (χ4n) is 3.19. The Morgan fingerprint density at radius 2 is 1.45 bits per heavy atom. The molecule has 0 fully saturated rings. The molecule has 104 valence electrons. The highest BCUT2D eigenvalue weighted by atomic mass is 19.1. The number of hydrogen-bond donors (Lipinski definition) is 1. The topological polar surface area (TPSA) is 26.0 Å². The van der Waals surface area contributed by atoms with Gasteiger partial charge >= 0.3 is 0 Å². The van der Waals surface area contributed by atoms with Crippen LogP contribution in [0.4, 0.5) is 8.78 Å². The van der Waals surface area contributed by atoms with Gasteiger partial charge in [0.05, 0.1) is 0 Å². The Bertz CT molecular complexity index is 591. The average Bonchev–Trinajstić information content (AvgIpc) is 2.82. The highest BCUT2D eigenvalue weighted by Gasteiger charge is 2.37. The number of fused-ring (bicyclic) bond motifs is 1. The van der Waals surface area contributed by atoms with Crippen molar-refractivity contribution in [3.63, 3.8) is 0 Å². The van der Waals surface area contributed by atoms with Crippen molar-refractivity contribution in [2.75, 3.05) is 6.54 Å². The van der Waals surface area contributed by atoms with Gasteiger partial charge in [0.1, 0.15) is 11.6 Å². The summed E-state index contributed by atoms with van der Waals surface area (Å²) in [5.41, 5.74) is 8.33. The summed E-state index contributed by atoms with van der Waals surface area (Å²) in [6.45, 7) is 0.426. The molecule has 3 heteroatoms. The molecule has 0 spiro atoms. The van der Waals surface area contributed by atoms with Crippen LogP contribution >= 0.6 is 0 Å². The molecule has 0 radical (unpaired) electrons. The monoisotopic (exact) mass is 273 g/mol. The number of nitrogens with two attached hydrogens (primary N) is 1. The van der Waals surface area contributed by atoms with Crippen molar-refractivity contribution in [2.24, 2.45) is 11.1 Å². The van der Waals surface area contributed by atoms with Crippen LogP contribution in [0.15, 0.2) is 42.5 Å². The highest BCUT2D eigenvalue weighted by molar-refractivity contribution is 5.36. The summed E-state index contributed by atoms with van der Waals surface area (Å²) in [5, 5.41) is 0. The Morgan fingerprint density at radius 1 is 0.900 bits per heavy atom. The van der Waals surface area contributed by atoms with E-state index in [4.69, 9.17) is 5.73 Å². The van der Waals surface area contributed by atoms with Gasteiger partial charge in [-0.15, -0.1) is 0 Å². The molecule has 0 saturated carbocycles. The minimum Gasteiger partial charge on any atom is -0.330 e. The summed E-state index contributed by atoms with van der Waals surface area (Å²) in [7, 11) is 0. The van der Waals surface area contributed by atoms with E-state index in [0.717, 1.165) is 12.8 Å². The normalized spacial score (nSPS) is 16.1. The molecule has 1 aliphatic carbocycles. The molecular formula is C17H17F2N. The highest BCUT2D eigenvalue weighted by Crippen LogP contribution is 2.39. The van der Waals surface area contributed by atoms with Crippen molar-refractivity contribution >= 4 is 0 Å². The molecule has 2 N–H and O–H groups in total. The van der Waals surface area contributed by atoms with Crippen LogP contribution in [0.3, 0.4) is 0 Å². The van der Waals surface area contributed by atoms with Crippen LogP contribution in [0, 0.1) is 17.0 Å². The summed E-state index contributed by atoms with van der Waals surface area (Å²) >= 11 is 0. The van der Waals surface area contributed by atoms with Crippen LogP contribution in [-0.4, -0.2) is 6.54 Å². The molecule has 0 aromatic heterocycles. The fourth-order valence-corrected chi connectivity index (χ4v) is 3.19. The van der Waals surface area contributed by atoms with E-state index in [9.17, 15) is 8.78 Å². The molecule has 0 saturated heterocycles. The maximum absolute atomic E-state index is 13.9. The van der Waals surface area contributed by atoms with E-state index in [2.05, 4.69) is 12.1 Å². The van der Waals surface area contributed by atoms with E-state index < -0.39 is 11.6 Å². The molecule has 1 aliphatic rings. The van der Waals surface area contributed by atoms with Crippen LogP contribution in [0.25, 0.3) is 0 Å². The summed E-state index contributed by atoms with van der Waals surface area (Å²) in [5.74, 6) is -0.956. The third-order valence-corrected chi connectivity index (χ3v) is 4.30. The molecule has 2 aromatic rings. The molecule has 2 aromatic carbocycles. The van der Waals surface area contributed by atoms with Gasteiger partial charge in [0, 0.05) is 5.56 Å². The SMILES string of the molecule is NCC1(Cc2c(F)cccc2F)Cc2ccccc2C1. The van der Waals surface area contributed by atoms with Crippen molar-refractivity contribution in [3.8, 4) is 0 Å². The predicted molar refractivity (Wildman–Crippen MR) is 75.4 cm³/mol. The van der Waals surface area contributed by atoms with E-state index in [-0.39, 0.29) is 11.0 Å². The van der Waals surface area contributed by atoms with Gasteiger partial charge in [-0.3, -0.25) is 0 Å².